The third kappa shape index (κ3) is 3.25. The number of halogens is 1. The van der Waals surface area contributed by atoms with Crippen LogP contribution in [-0.2, 0) is 0 Å². The van der Waals surface area contributed by atoms with E-state index < -0.39 is 5.82 Å². The Morgan fingerprint density at radius 2 is 2.05 bits per heavy atom. The molecule has 0 spiro atoms. The average Bonchev–Trinajstić information content (AvgIpc) is 2.85. The Labute approximate surface area is 113 Å². The van der Waals surface area contributed by atoms with Crippen LogP contribution in [0.3, 0.4) is 0 Å². The second-order valence-corrected chi connectivity index (χ2v) is 5.67. The van der Waals surface area contributed by atoms with E-state index in [-0.39, 0.29) is 23.8 Å². The van der Waals surface area contributed by atoms with E-state index in [0.717, 1.165) is 25.5 Å². The molecule has 1 saturated carbocycles. The molecule has 4 heteroatoms. The molecule has 19 heavy (non-hydrogen) atoms. The van der Waals surface area contributed by atoms with Crippen LogP contribution in [0.4, 0.5) is 4.39 Å². The number of hydrogen-bond acceptors (Lipinski definition) is 3. The number of hydrogen-bond donors (Lipinski definition) is 3. The smallest absolute Gasteiger partial charge is 0.126 e. The first-order chi connectivity index (χ1) is 9.06. The van der Waals surface area contributed by atoms with Gasteiger partial charge in [0, 0.05) is 36.2 Å². The highest BCUT2D eigenvalue weighted by molar-refractivity contribution is 5.34. The van der Waals surface area contributed by atoms with Crippen molar-refractivity contribution < 1.29 is 14.6 Å². The number of aromatic hydroxyl groups is 1. The van der Waals surface area contributed by atoms with Crippen molar-refractivity contribution in [2.75, 3.05) is 13.2 Å². The molecule has 0 saturated heterocycles. The molecule has 2 rings (SSSR count). The first-order valence-electron chi connectivity index (χ1n) is 6.89. The zero-order valence-corrected chi connectivity index (χ0v) is 11.3. The second kappa shape index (κ2) is 5.88. The van der Waals surface area contributed by atoms with Gasteiger partial charge in [-0.1, -0.05) is 18.9 Å². The molecule has 0 aliphatic heterocycles. The summed E-state index contributed by atoms with van der Waals surface area (Å²) in [7, 11) is 0. The number of aliphatic hydroxyl groups is 1. The second-order valence-electron chi connectivity index (χ2n) is 5.67. The molecule has 1 aromatic carbocycles. The Morgan fingerprint density at radius 3 is 2.63 bits per heavy atom. The summed E-state index contributed by atoms with van der Waals surface area (Å²) in [5.41, 5.74) is 0.664. The molecule has 106 valence electrons. The maximum absolute atomic E-state index is 12.9. The molecular weight excluding hydrogens is 245 g/mol. The van der Waals surface area contributed by atoms with Crippen molar-refractivity contribution in [3.8, 4) is 5.75 Å². The summed E-state index contributed by atoms with van der Waals surface area (Å²) >= 11 is 0. The molecule has 0 bridgehead atoms. The molecule has 0 amide bonds. The minimum atomic E-state index is -0.434. The van der Waals surface area contributed by atoms with Crippen LogP contribution in [0.25, 0.3) is 0 Å². The van der Waals surface area contributed by atoms with E-state index in [0.29, 0.717) is 5.56 Å². The molecule has 0 radical (unpaired) electrons. The van der Waals surface area contributed by atoms with Gasteiger partial charge in [0.1, 0.15) is 11.6 Å². The Hall–Kier alpha value is -1.13. The number of phenols is 1. The molecule has 0 aromatic heterocycles. The fourth-order valence-electron chi connectivity index (χ4n) is 2.88. The highest BCUT2D eigenvalue weighted by Gasteiger charge is 2.33. The highest BCUT2D eigenvalue weighted by Crippen LogP contribution is 2.37. The number of benzene rings is 1. The van der Waals surface area contributed by atoms with Crippen LogP contribution in [0, 0.1) is 11.2 Å². The van der Waals surface area contributed by atoms with Gasteiger partial charge in [-0.3, -0.25) is 0 Å². The van der Waals surface area contributed by atoms with Gasteiger partial charge < -0.3 is 15.5 Å². The van der Waals surface area contributed by atoms with Gasteiger partial charge in [-0.15, -0.1) is 0 Å². The lowest BCUT2D eigenvalue weighted by atomic mass is 9.87. The topological polar surface area (TPSA) is 52.5 Å². The van der Waals surface area contributed by atoms with Crippen molar-refractivity contribution in [3.05, 3.63) is 29.6 Å². The van der Waals surface area contributed by atoms with Gasteiger partial charge in [-0.05, 0) is 25.8 Å². The van der Waals surface area contributed by atoms with E-state index in [1.54, 1.807) is 6.07 Å². The van der Waals surface area contributed by atoms with E-state index >= 15 is 0 Å². The summed E-state index contributed by atoms with van der Waals surface area (Å²) in [5.74, 6) is -0.458. The Kier molecular flexibility index (Phi) is 4.42. The Bertz CT molecular complexity index is 430. The van der Waals surface area contributed by atoms with Crippen LogP contribution >= 0.6 is 0 Å². The summed E-state index contributed by atoms with van der Waals surface area (Å²) in [4.78, 5) is 0. The molecule has 1 aliphatic carbocycles. The standard InChI is InChI=1S/C15H22FNO2/c1-11(13-5-4-12(16)8-14(13)19)17-9-15(10-18)6-2-3-7-15/h4-5,8,11,17-19H,2-3,6-7,9-10H2,1H3. The van der Waals surface area contributed by atoms with Gasteiger partial charge in [-0.25, -0.2) is 4.39 Å². The van der Waals surface area contributed by atoms with Crippen molar-refractivity contribution in [1.82, 2.24) is 5.32 Å². The van der Waals surface area contributed by atoms with E-state index in [4.69, 9.17) is 0 Å². The largest absolute Gasteiger partial charge is 0.508 e. The SMILES string of the molecule is CC(NCC1(CO)CCCC1)c1ccc(F)cc1O. The van der Waals surface area contributed by atoms with Gasteiger partial charge in [0.15, 0.2) is 0 Å². The van der Waals surface area contributed by atoms with Gasteiger partial charge in [0.05, 0.1) is 0 Å². The molecule has 1 aromatic rings. The molecule has 1 aliphatic rings. The molecule has 1 fully saturated rings. The van der Waals surface area contributed by atoms with Gasteiger partial charge in [0.2, 0.25) is 0 Å². The van der Waals surface area contributed by atoms with E-state index in [1.807, 2.05) is 6.92 Å². The first-order valence-corrected chi connectivity index (χ1v) is 6.89. The van der Waals surface area contributed by atoms with E-state index in [1.165, 1.54) is 18.9 Å². The normalized spacial score (nSPS) is 19.5. The Balaban J connectivity index is 1.99. The molecule has 1 unspecified atom stereocenters. The summed E-state index contributed by atoms with van der Waals surface area (Å²) in [6.07, 6.45) is 4.41. The number of aliphatic hydroxyl groups excluding tert-OH is 1. The summed E-state index contributed by atoms with van der Waals surface area (Å²) in [6.45, 7) is 2.86. The fourth-order valence-corrected chi connectivity index (χ4v) is 2.88. The zero-order chi connectivity index (χ0) is 13.9. The average molecular weight is 267 g/mol. The quantitative estimate of drug-likeness (QED) is 0.769. The summed E-state index contributed by atoms with van der Waals surface area (Å²) in [5, 5.41) is 22.6. The monoisotopic (exact) mass is 267 g/mol. The van der Waals surface area contributed by atoms with Crippen molar-refractivity contribution in [2.45, 2.75) is 38.6 Å². The predicted octanol–water partition coefficient (Wildman–Crippen LogP) is 2.73. The van der Waals surface area contributed by atoms with Crippen LogP contribution in [-0.4, -0.2) is 23.4 Å². The van der Waals surface area contributed by atoms with Crippen molar-refractivity contribution in [3.63, 3.8) is 0 Å². The van der Waals surface area contributed by atoms with E-state index in [9.17, 15) is 14.6 Å². The number of phenolic OH excluding ortho intramolecular Hbond substituents is 1. The lowest BCUT2D eigenvalue weighted by Crippen LogP contribution is -2.36. The molecule has 3 N–H and O–H groups in total. The Morgan fingerprint density at radius 1 is 1.37 bits per heavy atom. The number of nitrogens with one attached hydrogen (secondary N) is 1. The number of rotatable bonds is 5. The van der Waals surface area contributed by atoms with Crippen LogP contribution in [0.5, 0.6) is 5.75 Å². The summed E-state index contributed by atoms with van der Waals surface area (Å²) < 4.78 is 12.9. The fraction of sp³-hybridized carbons (Fsp3) is 0.600. The maximum Gasteiger partial charge on any atom is 0.126 e. The van der Waals surface area contributed by atoms with Crippen molar-refractivity contribution in [2.24, 2.45) is 5.41 Å². The zero-order valence-electron chi connectivity index (χ0n) is 11.3. The maximum atomic E-state index is 12.9. The van der Waals surface area contributed by atoms with Crippen LogP contribution < -0.4 is 5.32 Å². The lowest BCUT2D eigenvalue weighted by molar-refractivity contribution is 0.125. The molecule has 0 heterocycles. The van der Waals surface area contributed by atoms with Crippen LogP contribution in [0.15, 0.2) is 18.2 Å². The summed E-state index contributed by atoms with van der Waals surface area (Å²) in [6, 6.07) is 4.02. The molecule has 1 atom stereocenters. The molecular formula is C15H22FNO2. The predicted molar refractivity (Wildman–Crippen MR) is 72.5 cm³/mol. The van der Waals surface area contributed by atoms with Crippen LogP contribution in [0.1, 0.15) is 44.2 Å². The van der Waals surface area contributed by atoms with Gasteiger partial charge in [0.25, 0.3) is 0 Å². The molecule has 3 nitrogen and oxygen atoms in total. The minimum Gasteiger partial charge on any atom is -0.508 e. The third-order valence-electron chi connectivity index (χ3n) is 4.24. The lowest BCUT2D eigenvalue weighted by Gasteiger charge is -2.29. The van der Waals surface area contributed by atoms with Crippen molar-refractivity contribution in [1.29, 1.82) is 0 Å². The van der Waals surface area contributed by atoms with E-state index in [2.05, 4.69) is 5.32 Å². The minimum absolute atomic E-state index is 0.0236. The highest BCUT2D eigenvalue weighted by atomic mass is 19.1. The first kappa shape index (κ1) is 14.3. The van der Waals surface area contributed by atoms with Gasteiger partial charge >= 0.3 is 0 Å². The van der Waals surface area contributed by atoms with Crippen LogP contribution in [0.2, 0.25) is 0 Å². The van der Waals surface area contributed by atoms with Gasteiger partial charge in [-0.2, -0.15) is 0 Å². The van der Waals surface area contributed by atoms with Crippen molar-refractivity contribution >= 4 is 0 Å². The third-order valence-corrected chi connectivity index (χ3v) is 4.24.